The highest BCUT2D eigenvalue weighted by Crippen LogP contribution is 2.38. The third-order valence-corrected chi connectivity index (χ3v) is 6.41. The van der Waals surface area contributed by atoms with E-state index in [1.807, 2.05) is 39.8 Å². The zero-order valence-corrected chi connectivity index (χ0v) is 22.7. The van der Waals surface area contributed by atoms with Crippen LogP contribution in [0.5, 0.6) is 23.0 Å². The molecule has 0 saturated carbocycles. The number of hydrogen-bond acceptors (Lipinski definition) is 5. The van der Waals surface area contributed by atoms with Crippen molar-refractivity contribution in [2.24, 2.45) is 0 Å². The fraction of sp³-hybridized carbons (Fsp3) is 0.556. The summed E-state index contributed by atoms with van der Waals surface area (Å²) in [4.78, 5) is 2.34. The number of phenolic OH excluding ortho intramolecular Hbond substituents is 2. The highest BCUT2D eigenvalue weighted by molar-refractivity contribution is 5.85. The first-order chi connectivity index (χ1) is 14.8. The summed E-state index contributed by atoms with van der Waals surface area (Å²) in [5, 5.41) is 20.7. The first-order valence-electron chi connectivity index (χ1n) is 11.4. The maximum Gasteiger partial charge on any atom is 0.127 e. The lowest BCUT2D eigenvalue weighted by Gasteiger charge is -2.36. The van der Waals surface area contributed by atoms with E-state index in [0.717, 1.165) is 44.9 Å². The second kappa shape index (κ2) is 11.3. The number of rotatable bonds is 8. The van der Waals surface area contributed by atoms with Crippen LogP contribution in [0.4, 0.5) is 0 Å². The van der Waals surface area contributed by atoms with Gasteiger partial charge in [-0.25, -0.2) is 0 Å². The molecule has 0 aliphatic rings. The van der Waals surface area contributed by atoms with Gasteiger partial charge in [0.25, 0.3) is 0 Å². The summed E-state index contributed by atoms with van der Waals surface area (Å²) < 4.78 is 12.0. The normalized spacial score (nSPS) is 11.6. The molecule has 2 aromatic carbocycles. The van der Waals surface area contributed by atoms with Crippen LogP contribution < -0.4 is 9.47 Å². The SMILES string of the molecule is COc1c(C)c(C)c(O)c(C)c1CN(CCOc1cc(C)c(O)cc1C(C)C)C(C)(C)C.Cl. The Hall–Kier alpha value is -2.11. The molecular formula is C27H42ClNO4. The standard InChI is InChI=1S/C27H41NO4.ClH/c1-16(2)21-14-23(29)17(3)13-24(21)32-12-11-28(27(7,8)9)15-22-20(6)25(30)18(4)19(5)26(22)31-10;/h13-14,16,29-30H,11-12,15H2,1-10H3;1H. The Kier molecular flexibility index (Phi) is 9.94. The average molecular weight is 480 g/mol. The molecule has 0 aliphatic carbocycles. The van der Waals surface area contributed by atoms with Gasteiger partial charge < -0.3 is 19.7 Å². The minimum atomic E-state index is -0.110. The maximum absolute atomic E-state index is 10.6. The van der Waals surface area contributed by atoms with E-state index in [4.69, 9.17) is 9.47 Å². The number of aryl methyl sites for hydroxylation is 1. The lowest BCUT2D eigenvalue weighted by molar-refractivity contribution is 0.102. The van der Waals surface area contributed by atoms with Crippen LogP contribution in [0, 0.1) is 27.7 Å². The van der Waals surface area contributed by atoms with Crippen molar-refractivity contribution in [3.05, 3.63) is 45.5 Å². The van der Waals surface area contributed by atoms with Crippen molar-refractivity contribution < 1.29 is 19.7 Å². The third-order valence-electron chi connectivity index (χ3n) is 6.41. The molecule has 0 unspecified atom stereocenters. The first kappa shape index (κ1) is 28.9. The van der Waals surface area contributed by atoms with Crippen LogP contribution in [0.3, 0.4) is 0 Å². The zero-order chi connectivity index (χ0) is 24.4. The summed E-state index contributed by atoms with van der Waals surface area (Å²) in [6.45, 7) is 20.3. The predicted molar refractivity (Wildman–Crippen MR) is 139 cm³/mol. The minimum Gasteiger partial charge on any atom is -0.508 e. The zero-order valence-electron chi connectivity index (χ0n) is 21.9. The molecule has 0 aliphatic heterocycles. The van der Waals surface area contributed by atoms with Gasteiger partial charge in [0.15, 0.2) is 0 Å². The van der Waals surface area contributed by atoms with Crippen LogP contribution >= 0.6 is 12.4 Å². The first-order valence-corrected chi connectivity index (χ1v) is 11.4. The highest BCUT2D eigenvalue weighted by atomic mass is 35.5. The summed E-state index contributed by atoms with van der Waals surface area (Å²) in [5.41, 5.74) is 5.40. The van der Waals surface area contributed by atoms with Crippen LogP contribution in [0.2, 0.25) is 0 Å². The molecule has 186 valence electrons. The summed E-state index contributed by atoms with van der Waals surface area (Å²) >= 11 is 0. The van der Waals surface area contributed by atoms with Crippen molar-refractivity contribution in [2.45, 2.75) is 80.3 Å². The number of halogens is 1. The monoisotopic (exact) mass is 479 g/mol. The second-order valence-corrected chi connectivity index (χ2v) is 10.0. The lowest BCUT2D eigenvalue weighted by atomic mass is 9.95. The van der Waals surface area contributed by atoms with E-state index in [9.17, 15) is 10.2 Å². The quantitative estimate of drug-likeness (QED) is 0.448. The predicted octanol–water partition coefficient (Wildman–Crippen LogP) is 6.56. The Balaban J connectivity index is 0.00000544. The Labute approximate surface area is 206 Å². The summed E-state index contributed by atoms with van der Waals surface area (Å²) in [5.74, 6) is 2.55. The van der Waals surface area contributed by atoms with Gasteiger partial charge in [-0.15, -0.1) is 12.4 Å². The molecular weight excluding hydrogens is 438 g/mol. The molecule has 0 fully saturated rings. The molecule has 0 spiro atoms. The van der Waals surface area contributed by atoms with Gasteiger partial charge in [-0.2, -0.15) is 0 Å². The van der Waals surface area contributed by atoms with Crippen molar-refractivity contribution in [1.82, 2.24) is 4.90 Å². The van der Waals surface area contributed by atoms with Gasteiger partial charge >= 0.3 is 0 Å². The number of benzene rings is 2. The van der Waals surface area contributed by atoms with E-state index in [2.05, 4.69) is 39.5 Å². The van der Waals surface area contributed by atoms with Gasteiger partial charge in [0, 0.05) is 29.8 Å². The second-order valence-electron chi connectivity index (χ2n) is 10.0. The van der Waals surface area contributed by atoms with Crippen LogP contribution in [-0.4, -0.2) is 40.9 Å². The fourth-order valence-corrected chi connectivity index (χ4v) is 4.01. The third kappa shape index (κ3) is 6.48. The van der Waals surface area contributed by atoms with E-state index in [1.165, 1.54) is 0 Å². The molecule has 0 heterocycles. The number of hydrogen-bond donors (Lipinski definition) is 2. The molecule has 0 aromatic heterocycles. The molecule has 2 rings (SSSR count). The molecule has 0 saturated heterocycles. The lowest BCUT2D eigenvalue weighted by Crippen LogP contribution is -2.43. The molecule has 5 nitrogen and oxygen atoms in total. The van der Waals surface area contributed by atoms with Crippen molar-refractivity contribution in [3.8, 4) is 23.0 Å². The molecule has 0 amide bonds. The Morgan fingerprint density at radius 3 is 2.09 bits per heavy atom. The van der Waals surface area contributed by atoms with Crippen LogP contribution in [0.1, 0.15) is 73.9 Å². The summed E-state index contributed by atoms with van der Waals surface area (Å²) in [6.07, 6.45) is 0. The largest absolute Gasteiger partial charge is 0.508 e. The number of phenols is 2. The highest BCUT2D eigenvalue weighted by Gasteiger charge is 2.26. The van der Waals surface area contributed by atoms with Gasteiger partial charge in [0.05, 0.1) is 7.11 Å². The van der Waals surface area contributed by atoms with E-state index >= 15 is 0 Å². The van der Waals surface area contributed by atoms with Crippen molar-refractivity contribution in [1.29, 1.82) is 0 Å². The Morgan fingerprint density at radius 1 is 0.970 bits per heavy atom. The van der Waals surface area contributed by atoms with Crippen LogP contribution in [-0.2, 0) is 6.54 Å². The van der Waals surface area contributed by atoms with Crippen molar-refractivity contribution in [3.63, 3.8) is 0 Å². The summed E-state index contributed by atoms with van der Waals surface area (Å²) in [7, 11) is 1.69. The fourth-order valence-electron chi connectivity index (χ4n) is 4.01. The smallest absolute Gasteiger partial charge is 0.127 e. The number of nitrogens with zero attached hydrogens (tertiary/aromatic N) is 1. The van der Waals surface area contributed by atoms with Gasteiger partial charge in [-0.05, 0) is 88.8 Å². The molecule has 2 aromatic rings. The van der Waals surface area contributed by atoms with E-state index in [-0.39, 0.29) is 23.9 Å². The Bertz CT molecular complexity index is 964. The van der Waals surface area contributed by atoms with E-state index in [0.29, 0.717) is 31.2 Å². The van der Waals surface area contributed by atoms with Gasteiger partial charge in [-0.3, -0.25) is 4.90 Å². The van der Waals surface area contributed by atoms with E-state index < -0.39 is 0 Å². The summed E-state index contributed by atoms with van der Waals surface area (Å²) in [6, 6.07) is 3.73. The minimum absolute atomic E-state index is 0. The number of methoxy groups -OCH3 is 1. The van der Waals surface area contributed by atoms with Gasteiger partial charge in [-0.1, -0.05) is 13.8 Å². The van der Waals surface area contributed by atoms with Crippen molar-refractivity contribution >= 4 is 12.4 Å². The van der Waals surface area contributed by atoms with Crippen LogP contribution in [0.15, 0.2) is 12.1 Å². The molecule has 0 radical (unpaired) electrons. The topological polar surface area (TPSA) is 62.2 Å². The molecule has 0 atom stereocenters. The number of ether oxygens (including phenoxy) is 2. The van der Waals surface area contributed by atoms with E-state index in [1.54, 1.807) is 7.11 Å². The van der Waals surface area contributed by atoms with Gasteiger partial charge in [0.1, 0.15) is 29.6 Å². The number of aromatic hydroxyl groups is 2. The Morgan fingerprint density at radius 2 is 1.58 bits per heavy atom. The molecule has 0 bridgehead atoms. The van der Waals surface area contributed by atoms with Gasteiger partial charge in [0.2, 0.25) is 0 Å². The van der Waals surface area contributed by atoms with Crippen LogP contribution in [0.25, 0.3) is 0 Å². The maximum atomic E-state index is 10.6. The van der Waals surface area contributed by atoms with Crippen molar-refractivity contribution in [2.75, 3.05) is 20.3 Å². The molecule has 6 heteroatoms. The molecule has 2 N–H and O–H groups in total. The molecule has 33 heavy (non-hydrogen) atoms. The average Bonchev–Trinajstić information content (AvgIpc) is 2.70.